The number of ether oxygens (including phenoxy) is 2. The SMILES string of the molecule is C#CCOC(OC)C1(Br)C[C@@H]2CCC[C@H](C)[C@]2(C)C1. The lowest BCUT2D eigenvalue weighted by atomic mass is 9.63. The minimum Gasteiger partial charge on any atom is -0.354 e. The van der Waals surface area contributed by atoms with Gasteiger partial charge in [-0.1, -0.05) is 48.5 Å². The zero-order chi connectivity index (χ0) is 14.1. The summed E-state index contributed by atoms with van der Waals surface area (Å²) in [5.74, 6) is 4.07. The van der Waals surface area contributed by atoms with Crippen LogP contribution in [0.1, 0.15) is 46.0 Å². The number of alkyl halides is 1. The normalized spacial score (nSPS) is 43.5. The molecule has 2 saturated carbocycles. The van der Waals surface area contributed by atoms with E-state index in [9.17, 15) is 0 Å². The van der Waals surface area contributed by atoms with Crippen LogP contribution < -0.4 is 0 Å². The number of methoxy groups -OCH3 is 1. The highest BCUT2D eigenvalue weighted by molar-refractivity contribution is 9.10. The third-order valence-corrected chi connectivity index (χ3v) is 6.44. The van der Waals surface area contributed by atoms with Crippen LogP contribution in [0, 0.1) is 29.6 Å². The molecule has 2 aliphatic carbocycles. The Hall–Kier alpha value is -0.0400. The first kappa shape index (κ1) is 15.4. The first-order chi connectivity index (χ1) is 8.96. The number of halogens is 1. The van der Waals surface area contributed by atoms with Crippen LogP contribution in [0.3, 0.4) is 0 Å². The summed E-state index contributed by atoms with van der Waals surface area (Å²) in [4.78, 5) is 0. The van der Waals surface area contributed by atoms with Crippen LogP contribution in [0.5, 0.6) is 0 Å². The molecule has 0 aliphatic heterocycles. The molecule has 0 aromatic heterocycles. The molecule has 0 aromatic rings. The van der Waals surface area contributed by atoms with Gasteiger partial charge in [0, 0.05) is 7.11 Å². The van der Waals surface area contributed by atoms with Gasteiger partial charge in [0.2, 0.25) is 0 Å². The summed E-state index contributed by atoms with van der Waals surface area (Å²) in [5.41, 5.74) is 0.401. The number of terminal acetylenes is 1. The van der Waals surface area contributed by atoms with E-state index >= 15 is 0 Å². The lowest BCUT2D eigenvalue weighted by Gasteiger charge is -2.42. The molecule has 2 aliphatic rings. The molecule has 2 nitrogen and oxygen atoms in total. The zero-order valence-corrected chi connectivity index (χ0v) is 13.8. The second-order valence-corrected chi connectivity index (χ2v) is 8.11. The molecule has 5 atom stereocenters. The standard InChI is InChI=1S/C16H25BrO2/c1-5-9-19-14(18-4)16(17)10-13-8-6-7-12(2)15(13,3)11-16/h1,12-14H,6-11H2,2-4H3/t12-,13-,14?,15-,16?/m0/s1. The number of rotatable bonds is 4. The summed E-state index contributed by atoms with van der Waals surface area (Å²) in [5, 5.41) is 0. The molecule has 0 spiro atoms. The topological polar surface area (TPSA) is 18.5 Å². The van der Waals surface area contributed by atoms with Crippen LogP contribution in [-0.2, 0) is 9.47 Å². The lowest BCUT2D eigenvalue weighted by molar-refractivity contribution is -0.134. The van der Waals surface area contributed by atoms with Crippen molar-refractivity contribution >= 4 is 15.9 Å². The Balaban J connectivity index is 2.15. The van der Waals surface area contributed by atoms with Gasteiger partial charge in [0.1, 0.15) is 6.61 Å². The minimum atomic E-state index is -0.252. The molecule has 0 radical (unpaired) electrons. The lowest BCUT2D eigenvalue weighted by Crippen LogP contribution is -2.39. The molecular formula is C16H25BrO2. The Morgan fingerprint density at radius 1 is 1.47 bits per heavy atom. The van der Waals surface area contributed by atoms with Gasteiger partial charge in [-0.15, -0.1) is 6.42 Å². The fourth-order valence-electron chi connectivity index (χ4n) is 4.23. The largest absolute Gasteiger partial charge is 0.354 e. The van der Waals surface area contributed by atoms with Crippen molar-refractivity contribution in [1.82, 2.24) is 0 Å². The predicted molar refractivity (Wildman–Crippen MR) is 81.1 cm³/mol. The Morgan fingerprint density at radius 3 is 2.79 bits per heavy atom. The van der Waals surface area contributed by atoms with E-state index in [-0.39, 0.29) is 10.6 Å². The van der Waals surface area contributed by atoms with E-state index in [4.69, 9.17) is 15.9 Å². The van der Waals surface area contributed by atoms with Gasteiger partial charge < -0.3 is 9.47 Å². The average molecular weight is 329 g/mol. The maximum absolute atomic E-state index is 5.71. The van der Waals surface area contributed by atoms with Crippen LogP contribution in [0.15, 0.2) is 0 Å². The monoisotopic (exact) mass is 328 g/mol. The molecule has 108 valence electrons. The van der Waals surface area contributed by atoms with Crippen LogP contribution in [0.4, 0.5) is 0 Å². The van der Waals surface area contributed by atoms with Gasteiger partial charge in [-0.3, -0.25) is 0 Å². The van der Waals surface area contributed by atoms with Crippen molar-refractivity contribution in [2.75, 3.05) is 13.7 Å². The number of hydrogen-bond donors (Lipinski definition) is 0. The fraction of sp³-hybridized carbons (Fsp3) is 0.875. The van der Waals surface area contributed by atoms with Gasteiger partial charge in [-0.2, -0.15) is 0 Å². The van der Waals surface area contributed by atoms with E-state index in [0.717, 1.165) is 24.7 Å². The summed E-state index contributed by atoms with van der Waals surface area (Å²) in [6.07, 6.45) is 11.3. The highest BCUT2D eigenvalue weighted by Gasteiger charge is 2.57. The van der Waals surface area contributed by atoms with E-state index in [0.29, 0.717) is 12.0 Å². The van der Waals surface area contributed by atoms with Crippen molar-refractivity contribution in [2.45, 2.75) is 56.6 Å². The molecule has 0 bridgehead atoms. The maximum Gasteiger partial charge on any atom is 0.173 e. The summed E-state index contributed by atoms with van der Waals surface area (Å²) >= 11 is 3.94. The van der Waals surface area contributed by atoms with Gasteiger partial charge in [0.15, 0.2) is 6.29 Å². The molecule has 0 N–H and O–H groups in total. The third-order valence-electron chi connectivity index (χ3n) is 5.46. The van der Waals surface area contributed by atoms with Gasteiger partial charge in [-0.25, -0.2) is 0 Å². The Kier molecular flexibility index (Phi) is 4.65. The van der Waals surface area contributed by atoms with Crippen molar-refractivity contribution in [3.63, 3.8) is 0 Å². The highest BCUT2D eigenvalue weighted by Crippen LogP contribution is 2.61. The van der Waals surface area contributed by atoms with E-state index < -0.39 is 0 Å². The van der Waals surface area contributed by atoms with E-state index in [1.165, 1.54) is 19.3 Å². The molecular weight excluding hydrogens is 304 g/mol. The second kappa shape index (κ2) is 5.76. The molecule has 2 rings (SSSR count). The van der Waals surface area contributed by atoms with Crippen LogP contribution in [0.25, 0.3) is 0 Å². The molecule has 2 unspecified atom stereocenters. The third kappa shape index (κ3) is 2.73. The Morgan fingerprint density at radius 2 is 2.21 bits per heavy atom. The van der Waals surface area contributed by atoms with E-state index in [2.05, 4.69) is 35.7 Å². The smallest absolute Gasteiger partial charge is 0.173 e. The number of hydrogen-bond acceptors (Lipinski definition) is 2. The molecule has 3 heteroatoms. The van der Waals surface area contributed by atoms with Crippen molar-refractivity contribution in [3.8, 4) is 12.3 Å². The van der Waals surface area contributed by atoms with Crippen molar-refractivity contribution in [2.24, 2.45) is 17.3 Å². The summed E-state index contributed by atoms with van der Waals surface area (Å²) in [6.45, 7) is 5.15. The first-order valence-corrected chi connectivity index (χ1v) is 8.02. The Labute approximate surface area is 125 Å². The summed E-state index contributed by atoms with van der Waals surface area (Å²) in [7, 11) is 1.71. The molecule has 0 heterocycles. The zero-order valence-electron chi connectivity index (χ0n) is 12.2. The second-order valence-electron chi connectivity index (χ2n) is 6.53. The van der Waals surface area contributed by atoms with Gasteiger partial charge in [0.25, 0.3) is 0 Å². The van der Waals surface area contributed by atoms with Gasteiger partial charge in [-0.05, 0) is 36.5 Å². The van der Waals surface area contributed by atoms with Crippen LogP contribution in [0.2, 0.25) is 0 Å². The van der Waals surface area contributed by atoms with E-state index in [1.807, 2.05) is 0 Å². The van der Waals surface area contributed by atoms with Crippen LogP contribution >= 0.6 is 15.9 Å². The Bertz CT molecular complexity index is 364. The maximum atomic E-state index is 5.71. The molecule has 19 heavy (non-hydrogen) atoms. The van der Waals surface area contributed by atoms with Crippen LogP contribution in [-0.4, -0.2) is 24.3 Å². The highest BCUT2D eigenvalue weighted by atomic mass is 79.9. The van der Waals surface area contributed by atoms with Gasteiger partial charge >= 0.3 is 0 Å². The fourth-order valence-corrected chi connectivity index (χ4v) is 5.55. The molecule has 0 amide bonds. The van der Waals surface area contributed by atoms with E-state index in [1.54, 1.807) is 7.11 Å². The summed E-state index contributed by atoms with van der Waals surface area (Å²) in [6, 6.07) is 0. The molecule has 0 aromatic carbocycles. The van der Waals surface area contributed by atoms with Crippen molar-refractivity contribution < 1.29 is 9.47 Å². The van der Waals surface area contributed by atoms with Crippen molar-refractivity contribution in [3.05, 3.63) is 0 Å². The quantitative estimate of drug-likeness (QED) is 0.441. The first-order valence-electron chi connectivity index (χ1n) is 7.23. The minimum absolute atomic E-state index is 0.0867. The molecule has 2 fully saturated rings. The number of fused-ring (bicyclic) bond motifs is 1. The van der Waals surface area contributed by atoms with Crippen molar-refractivity contribution in [1.29, 1.82) is 0 Å². The van der Waals surface area contributed by atoms with Gasteiger partial charge in [0.05, 0.1) is 4.32 Å². The molecule has 0 saturated heterocycles. The average Bonchev–Trinajstić information content (AvgIpc) is 2.64. The predicted octanol–water partition coefficient (Wildman–Crippen LogP) is 3.98. The summed E-state index contributed by atoms with van der Waals surface area (Å²) < 4.78 is 11.2.